The lowest BCUT2D eigenvalue weighted by Gasteiger charge is -2.22. The zero-order valence-electron chi connectivity index (χ0n) is 14.3. The van der Waals surface area contributed by atoms with Gasteiger partial charge in [-0.25, -0.2) is 0 Å². The smallest absolute Gasteiger partial charge is 0.248 e. The average Bonchev–Trinajstić information content (AvgIpc) is 2.62. The highest BCUT2D eigenvalue weighted by molar-refractivity contribution is 5.97. The predicted molar refractivity (Wildman–Crippen MR) is 99.8 cm³/mol. The van der Waals surface area contributed by atoms with Gasteiger partial charge in [-0.2, -0.15) is 0 Å². The number of amides is 2. The fraction of sp³-hybridized carbons (Fsp3) is 0.300. The standard InChI is InChI=1S/C20H23N3O2/c1-13(20(25)23-16-11-9-15(10-12-16)19(21)24)22-18-8-4-6-14-5-2-3-7-17(14)18/h4,6,8-13,22H,2-3,5,7H2,1H3,(H2,21,24)(H,23,25)/t13-/m0/s1. The topological polar surface area (TPSA) is 84.2 Å². The number of hydrogen-bond donors (Lipinski definition) is 3. The summed E-state index contributed by atoms with van der Waals surface area (Å²) in [5, 5.41) is 6.19. The van der Waals surface area contributed by atoms with Crippen molar-refractivity contribution >= 4 is 23.2 Å². The van der Waals surface area contributed by atoms with E-state index in [0.717, 1.165) is 18.5 Å². The molecule has 0 radical (unpaired) electrons. The van der Waals surface area contributed by atoms with Gasteiger partial charge in [-0.15, -0.1) is 0 Å². The number of anilines is 2. The molecule has 4 N–H and O–H groups in total. The van der Waals surface area contributed by atoms with E-state index >= 15 is 0 Å². The molecule has 0 saturated heterocycles. The maximum absolute atomic E-state index is 12.4. The molecule has 0 bridgehead atoms. The van der Waals surface area contributed by atoms with Gasteiger partial charge in [-0.05, 0) is 74.1 Å². The molecule has 3 rings (SSSR count). The van der Waals surface area contributed by atoms with Gasteiger partial charge in [-0.1, -0.05) is 12.1 Å². The third kappa shape index (κ3) is 3.99. The van der Waals surface area contributed by atoms with Crippen LogP contribution in [0.4, 0.5) is 11.4 Å². The fourth-order valence-corrected chi connectivity index (χ4v) is 3.18. The van der Waals surface area contributed by atoms with Crippen molar-refractivity contribution in [2.24, 2.45) is 5.73 Å². The minimum absolute atomic E-state index is 0.125. The number of benzene rings is 2. The molecule has 0 aliphatic heterocycles. The Labute approximate surface area is 147 Å². The maximum atomic E-state index is 12.4. The van der Waals surface area contributed by atoms with Gasteiger partial charge < -0.3 is 16.4 Å². The predicted octanol–water partition coefficient (Wildman–Crippen LogP) is 3.10. The lowest BCUT2D eigenvalue weighted by molar-refractivity contribution is -0.116. The minimum Gasteiger partial charge on any atom is -0.374 e. The molecule has 130 valence electrons. The van der Waals surface area contributed by atoms with Gasteiger partial charge in [0.2, 0.25) is 11.8 Å². The number of nitrogens with one attached hydrogen (secondary N) is 2. The van der Waals surface area contributed by atoms with Crippen LogP contribution in [0.3, 0.4) is 0 Å². The van der Waals surface area contributed by atoms with Crippen molar-refractivity contribution in [2.75, 3.05) is 10.6 Å². The summed E-state index contributed by atoms with van der Waals surface area (Å²) in [4.78, 5) is 23.5. The van der Waals surface area contributed by atoms with E-state index in [1.54, 1.807) is 24.3 Å². The van der Waals surface area contributed by atoms with Crippen molar-refractivity contribution in [1.82, 2.24) is 0 Å². The highest BCUT2D eigenvalue weighted by atomic mass is 16.2. The Hall–Kier alpha value is -2.82. The number of aryl methyl sites for hydroxylation is 1. The summed E-state index contributed by atoms with van der Waals surface area (Å²) < 4.78 is 0. The second-order valence-corrected chi connectivity index (χ2v) is 6.45. The normalized spacial score (nSPS) is 14.3. The van der Waals surface area contributed by atoms with E-state index in [4.69, 9.17) is 5.73 Å². The molecule has 2 amide bonds. The van der Waals surface area contributed by atoms with Crippen LogP contribution in [0.2, 0.25) is 0 Å². The Kier molecular flexibility index (Phi) is 5.03. The number of carbonyl (C=O) groups excluding carboxylic acids is 2. The number of carbonyl (C=O) groups is 2. The van der Waals surface area contributed by atoms with Crippen LogP contribution in [0, 0.1) is 0 Å². The van der Waals surface area contributed by atoms with E-state index in [-0.39, 0.29) is 11.9 Å². The van der Waals surface area contributed by atoms with Crippen LogP contribution in [-0.4, -0.2) is 17.9 Å². The molecule has 2 aromatic rings. The second-order valence-electron chi connectivity index (χ2n) is 6.45. The third-order valence-corrected chi connectivity index (χ3v) is 4.60. The summed E-state index contributed by atoms with van der Waals surface area (Å²) in [5.41, 5.74) is 10.0. The highest BCUT2D eigenvalue weighted by Gasteiger charge is 2.17. The van der Waals surface area contributed by atoms with Crippen molar-refractivity contribution < 1.29 is 9.59 Å². The number of fused-ring (bicyclic) bond motifs is 1. The molecular weight excluding hydrogens is 314 g/mol. The summed E-state index contributed by atoms with van der Waals surface area (Å²) in [6.07, 6.45) is 4.59. The molecule has 1 aliphatic rings. The number of nitrogens with two attached hydrogens (primary N) is 1. The van der Waals surface area contributed by atoms with Crippen LogP contribution in [-0.2, 0) is 17.6 Å². The Bertz CT molecular complexity index is 784. The van der Waals surface area contributed by atoms with Gasteiger partial charge in [0.1, 0.15) is 6.04 Å². The van der Waals surface area contributed by atoms with Crippen molar-refractivity contribution in [2.45, 2.75) is 38.6 Å². The summed E-state index contributed by atoms with van der Waals surface area (Å²) in [6, 6.07) is 12.4. The van der Waals surface area contributed by atoms with Crippen molar-refractivity contribution in [1.29, 1.82) is 0 Å². The molecular formula is C20H23N3O2. The van der Waals surface area contributed by atoms with Crippen molar-refractivity contribution in [3.63, 3.8) is 0 Å². The molecule has 0 unspecified atom stereocenters. The van der Waals surface area contributed by atoms with Crippen LogP contribution in [0.5, 0.6) is 0 Å². The Morgan fingerprint density at radius 3 is 2.48 bits per heavy atom. The first-order valence-corrected chi connectivity index (χ1v) is 8.62. The Morgan fingerprint density at radius 2 is 1.76 bits per heavy atom. The highest BCUT2D eigenvalue weighted by Crippen LogP contribution is 2.28. The van der Waals surface area contributed by atoms with E-state index in [0.29, 0.717) is 11.3 Å². The van der Waals surface area contributed by atoms with Gasteiger partial charge in [0, 0.05) is 16.9 Å². The van der Waals surface area contributed by atoms with Gasteiger partial charge in [0.25, 0.3) is 0 Å². The van der Waals surface area contributed by atoms with Gasteiger partial charge in [0.05, 0.1) is 0 Å². The van der Waals surface area contributed by atoms with Crippen LogP contribution in [0.25, 0.3) is 0 Å². The van der Waals surface area contributed by atoms with E-state index in [1.807, 2.05) is 19.1 Å². The molecule has 0 fully saturated rings. The molecule has 1 aliphatic carbocycles. The first-order chi connectivity index (χ1) is 12.0. The lowest BCUT2D eigenvalue weighted by Crippen LogP contribution is -2.32. The number of rotatable bonds is 5. The fourth-order valence-electron chi connectivity index (χ4n) is 3.18. The molecule has 2 aromatic carbocycles. The monoisotopic (exact) mass is 337 g/mol. The zero-order chi connectivity index (χ0) is 17.8. The largest absolute Gasteiger partial charge is 0.374 e. The molecule has 1 atom stereocenters. The molecule has 0 spiro atoms. The van der Waals surface area contributed by atoms with E-state index in [2.05, 4.69) is 16.7 Å². The quantitative estimate of drug-likeness (QED) is 0.784. The van der Waals surface area contributed by atoms with Gasteiger partial charge in [-0.3, -0.25) is 9.59 Å². The van der Waals surface area contributed by atoms with Crippen LogP contribution in [0.15, 0.2) is 42.5 Å². The zero-order valence-corrected chi connectivity index (χ0v) is 14.3. The first-order valence-electron chi connectivity index (χ1n) is 8.62. The minimum atomic E-state index is -0.484. The first kappa shape index (κ1) is 17.0. The molecule has 5 heteroatoms. The molecule has 5 nitrogen and oxygen atoms in total. The average molecular weight is 337 g/mol. The summed E-state index contributed by atoms with van der Waals surface area (Å²) in [5.74, 6) is -0.609. The third-order valence-electron chi connectivity index (χ3n) is 4.60. The van der Waals surface area contributed by atoms with Crippen molar-refractivity contribution in [3.05, 3.63) is 59.2 Å². The van der Waals surface area contributed by atoms with E-state index in [1.165, 1.54) is 24.0 Å². The van der Waals surface area contributed by atoms with Crippen LogP contribution in [0.1, 0.15) is 41.3 Å². The van der Waals surface area contributed by atoms with Crippen molar-refractivity contribution in [3.8, 4) is 0 Å². The summed E-state index contributed by atoms with van der Waals surface area (Å²) in [6.45, 7) is 1.84. The van der Waals surface area contributed by atoms with E-state index < -0.39 is 5.91 Å². The number of primary amides is 1. The molecule has 25 heavy (non-hydrogen) atoms. The number of hydrogen-bond acceptors (Lipinski definition) is 3. The van der Waals surface area contributed by atoms with Gasteiger partial charge in [0.15, 0.2) is 0 Å². The van der Waals surface area contributed by atoms with E-state index in [9.17, 15) is 9.59 Å². The summed E-state index contributed by atoms with van der Waals surface area (Å²) in [7, 11) is 0. The lowest BCUT2D eigenvalue weighted by atomic mass is 9.90. The molecule has 0 aromatic heterocycles. The van der Waals surface area contributed by atoms with Crippen LogP contribution >= 0.6 is 0 Å². The second kappa shape index (κ2) is 7.38. The Balaban J connectivity index is 1.66. The van der Waals surface area contributed by atoms with Crippen LogP contribution < -0.4 is 16.4 Å². The van der Waals surface area contributed by atoms with Gasteiger partial charge >= 0.3 is 0 Å². The molecule has 0 saturated carbocycles. The SMILES string of the molecule is C[C@H](Nc1cccc2c1CCCC2)C(=O)Nc1ccc(C(N)=O)cc1. The maximum Gasteiger partial charge on any atom is 0.248 e. The molecule has 0 heterocycles. The summed E-state index contributed by atoms with van der Waals surface area (Å²) >= 11 is 0. The Morgan fingerprint density at radius 1 is 1.04 bits per heavy atom.